The summed E-state index contributed by atoms with van der Waals surface area (Å²) < 4.78 is 0. The Labute approximate surface area is 187 Å². The van der Waals surface area contributed by atoms with Crippen LogP contribution in [0.5, 0.6) is 0 Å². The Morgan fingerprint density at radius 1 is 1.00 bits per heavy atom. The fourth-order valence-electron chi connectivity index (χ4n) is 3.03. The second kappa shape index (κ2) is 9.52. The summed E-state index contributed by atoms with van der Waals surface area (Å²) in [5, 5.41) is 8.81. The molecule has 0 radical (unpaired) electrons. The van der Waals surface area contributed by atoms with E-state index in [0.717, 1.165) is 18.4 Å². The molecular formula is C24H28ClN3O3. The zero-order chi connectivity index (χ0) is 22.6. The van der Waals surface area contributed by atoms with Gasteiger partial charge in [0.15, 0.2) is 0 Å². The first-order valence-electron chi connectivity index (χ1n) is 10.4. The second-order valence-electron chi connectivity index (χ2n) is 8.82. The van der Waals surface area contributed by atoms with Crippen molar-refractivity contribution in [2.75, 3.05) is 11.9 Å². The molecule has 1 fully saturated rings. The summed E-state index contributed by atoms with van der Waals surface area (Å²) in [5.41, 5.74) is 2.44. The Morgan fingerprint density at radius 3 is 2.29 bits per heavy atom. The van der Waals surface area contributed by atoms with Crippen LogP contribution >= 0.6 is 11.6 Å². The number of rotatable bonds is 7. The highest BCUT2D eigenvalue weighted by Gasteiger charge is 2.25. The van der Waals surface area contributed by atoms with Gasteiger partial charge in [-0.3, -0.25) is 14.4 Å². The highest BCUT2D eigenvalue weighted by Crippen LogP contribution is 2.24. The van der Waals surface area contributed by atoms with E-state index in [9.17, 15) is 14.4 Å². The van der Waals surface area contributed by atoms with Gasteiger partial charge in [-0.25, -0.2) is 0 Å². The molecule has 0 spiro atoms. The van der Waals surface area contributed by atoms with Crippen LogP contribution < -0.4 is 16.0 Å². The largest absolute Gasteiger partial charge is 0.352 e. The monoisotopic (exact) mass is 441 g/mol. The van der Waals surface area contributed by atoms with E-state index < -0.39 is 0 Å². The molecule has 0 bridgehead atoms. The summed E-state index contributed by atoms with van der Waals surface area (Å²) in [5.74, 6) is -0.789. The molecule has 3 N–H and O–H groups in total. The average molecular weight is 442 g/mol. The van der Waals surface area contributed by atoms with E-state index in [1.165, 1.54) is 6.07 Å². The first-order valence-corrected chi connectivity index (χ1v) is 10.8. The lowest BCUT2D eigenvalue weighted by Gasteiger charge is -2.19. The number of nitrogens with one attached hydrogen (secondary N) is 3. The maximum Gasteiger partial charge on any atom is 0.253 e. The molecule has 0 heterocycles. The van der Waals surface area contributed by atoms with Crippen LogP contribution in [0.3, 0.4) is 0 Å². The fourth-order valence-corrected chi connectivity index (χ4v) is 3.20. The van der Waals surface area contributed by atoms with E-state index >= 15 is 0 Å². The Hall–Kier alpha value is -2.86. The molecule has 0 atom stereocenters. The molecule has 1 aliphatic rings. The molecule has 6 nitrogen and oxygen atoms in total. The number of carbonyl (C=O) groups excluding carboxylic acids is 3. The lowest BCUT2D eigenvalue weighted by Crippen LogP contribution is -2.29. The maximum absolute atomic E-state index is 12.4. The zero-order valence-electron chi connectivity index (χ0n) is 18.0. The van der Waals surface area contributed by atoms with Gasteiger partial charge < -0.3 is 16.0 Å². The van der Waals surface area contributed by atoms with Crippen LogP contribution in [0.15, 0.2) is 42.5 Å². The molecule has 0 aromatic heterocycles. The fraction of sp³-hybridized carbons (Fsp3) is 0.375. The average Bonchev–Trinajstić information content (AvgIpc) is 3.52. The topological polar surface area (TPSA) is 87.3 Å². The molecule has 7 heteroatoms. The molecule has 3 rings (SSSR count). The number of hydrogen-bond donors (Lipinski definition) is 3. The number of carbonyl (C=O) groups is 3. The predicted octanol–water partition coefficient (Wildman–Crippen LogP) is 4.29. The van der Waals surface area contributed by atoms with Crippen LogP contribution in [0.25, 0.3) is 0 Å². The van der Waals surface area contributed by atoms with E-state index in [1.54, 1.807) is 24.3 Å². The predicted molar refractivity (Wildman–Crippen MR) is 123 cm³/mol. The van der Waals surface area contributed by atoms with Crippen LogP contribution in [0.1, 0.15) is 66.3 Å². The van der Waals surface area contributed by atoms with Crippen LogP contribution in [-0.2, 0) is 10.2 Å². The minimum Gasteiger partial charge on any atom is -0.352 e. The SMILES string of the molecule is CC(C)(C)c1ccc(C(=O)NCCC(=O)Nc2ccc(Cl)cc2C(=O)NC2CC2)cc1. The number of benzene rings is 2. The Balaban J connectivity index is 1.52. The van der Waals surface area contributed by atoms with Crippen LogP contribution in [0.2, 0.25) is 5.02 Å². The molecule has 164 valence electrons. The van der Waals surface area contributed by atoms with Crippen molar-refractivity contribution in [1.82, 2.24) is 10.6 Å². The highest BCUT2D eigenvalue weighted by atomic mass is 35.5. The van der Waals surface area contributed by atoms with Crippen molar-refractivity contribution < 1.29 is 14.4 Å². The minimum atomic E-state index is -0.300. The number of halogens is 1. The van der Waals surface area contributed by atoms with E-state index in [0.29, 0.717) is 21.8 Å². The molecule has 2 aromatic rings. The molecule has 0 saturated heterocycles. The molecule has 0 aliphatic heterocycles. The van der Waals surface area contributed by atoms with Gasteiger partial charge in [-0.15, -0.1) is 0 Å². The Morgan fingerprint density at radius 2 is 1.68 bits per heavy atom. The van der Waals surface area contributed by atoms with Gasteiger partial charge in [0.05, 0.1) is 11.3 Å². The summed E-state index contributed by atoms with van der Waals surface area (Å²) in [7, 11) is 0. The normalized spacial score (nSPS) is 13.4. The summed E-state index contributed by atoms with van der Waals surface area (Å²) >= 11 is 6.02. The third-order valence-corrected chi connectivity index (χ3v) is 5.30. The lowest BCUT2D eigenvalue weighted by atomic mass is 9.87. The van der Waals surface area contributed by atoms with Gasteiger partial charge in [0, 0.05) is 29.6 Å². The number of amides is 3. The standard InChI is InChI=1S/C24H28ClN3O3/c1-24(2,3)16-6-4-15(5-7-16)22(30)26-13-12-21(29)28-20-11-8-17(25)14-19(20)23(31)27-18-9-10-18/h4-8,11,14,18H,9-10,12-13H2,1-3H3,(H,26,30)(H,27,31)(H,28,29). The van der Waals surface area contributed by atoms with Gasteiger partial charge in [-0.2, -0.15) is 0 Å². The van der Waals surface area contributed by atoms with E-state index in [4.69, 9.17) is 11.6 Å². The van der Waals surface area contributed by atoms with Gasteiger partial charge in [0.1, 0.15) is 0 Å². The van der Waals surface area contributed by atoms with Crippen molar-refractivity contribution in [3.63, 3.8) is 0 Å². The van der Waals surface area contributed by atoms with Crippen LogP contribution in [-0.4, -0.2) is 30.3 Å². The quantitative estimate of drug-likeness (QED) is 0.599. The van der Waals surface area contributed by atoms with Crippen molar-refractivity contribution in [3.05, 3.63) is 64.2 Å². The van der Waals surface area contributed by atoms with E-state index in [2.05, 4.69) is 36.7 Å². The van der Waals surface area contributed by atoms with Crippen molar-refractivity contribution in [1.29, 1.82) is 0 Å². The minimum absolute atomic E-state index is 0.0170. The van der Waals surface area contributed by atoms with Crippen LogP contribution in [0, 0.1) is 0 Å². The maximum atomic E-state index is 12.4. The number of anilines is 1. The smallest absolute Gasteiger partial charge is 0.253 e. The van der Waals surface area contributed by atoms with E-state index in [1.807, 2.05) is 12.1 Å². The Kier molecular flexibility index (Phi) is 7.01. The highest BCUT2D eigenvalue weighted by molar-refractivity contribution is 6.31. The second-order valence-corrected chi connectivity index (χ2v) is 9.26. The molecule has 3 amide bonds. The molecule has 0 unspecified atom stereocenters. The van der Waals surface area contributed by atoms with Crippen molar-refractivity contribution in [2.45, 2.75) is 51.5 Å². The summed E-state index contributed by atoms with van der Waals surface area (Å²) in [6.07, 6.45) is 2.01. The van der Waals surface area contributed by atoms with Gasteiger partial charge in [0.25, 0.3) is 11.8 Å². The molecular weight excluding hydrogens is 414 g/mol. The van der Waals surface area contributed by atoms with Crippen LogP contribution in [0.4, 0.5) is 5.69 Å². The molecule has 1 saturated carbocycles. The first-order chi connectivity index (χ1) is 14.6. The molecule has 2 aromatic carbocycles. The lowest BCUT2D eigenvalue weighted by molar-refractivity contribution is -0.116. The van der Waals surface area contributed by atoms with Gasteiger partial charge in [-0.05, 0) is 54.2 Å². The number of hydrogen-bond acceptors (Lipinski definition) is 3. The zero-order valence-corrected chi connectivity index (χ0v) is 18.8. The van der Waals surface area contributed by atoms with Gasteiger partial charge in [0.2, 0.25) is 5.91 Å². The summed E-state index contributed by atoms with van der Waals surface area (Å²) in [4.78, 5) is 37.1. The van der Waals surface area contributed by atoms with Gasteiger partial charge in [-0.1, -0.05) is 44.5 Å². The van der Waals surface area contributed by atoms with Crippen molar-refractivity contribution in [3.8, 4) is 0 Å². The molecule has 1 aliphatic carbocycles. The van der Waals surface area contributed by atoms with Gasteiger partial charge >= 0.3 is 0 Å². The summed E-state index contributed by atoms with van der Waals surface area (Å²) in [6.45, 7) is 6.52. The first kappa shape index (κ1) is 22.8. The van der Waals surface area contributed by atoms with E-state index in [-0.39, 0.29) is 42.1 Å². The van der Waals surface area contributed by atoms with Crippen molar-refractivity contribution in [2.24, 2.45) is 0 Å². The Bertz CT molecular complexity index is 977. The molecule has 31 heavy (non-hydrogen) atoms. The summed E-state index contributed by atoms with van der Waals surface area (Å²) in [6, 6.07) is 12.4. The third kappa shape index (κ3) is 6.56. The van der Waals surface area contributed by atoms with Crippen molar-refractivity contribution >= 4 is 35.0 Å². The third-order valence-electron chi connectivity index (χ3n) is 5.06.